The van der Waals surface area contributed by atoms with E-state index < -0.39 is 0 Å². The number of rotatable bonds is 8. The molecular weight excluding hydrogens is 336 g/mol. The van der Waals surface area contributed by atoms with Crippen LogP contribution in [0.15, 0.2) is 35.5 Å². The van der Waals surface area contributed by atoms with Crippen LogP contribution in [0.2, 0.25) is 0 Å². The highest BCUT2D eigenvalue weighted by atomic mass is 32.1. The van der Waals surface area contributed by atoms with E-state index in [1.165, 1.54) is 4.88 Å². The number of methoxy groups -OCH3 is 1. The summed E-state index contributed by atoms with van der Waals surface area (Å²) in [6, 6.07) is 7.63. The van der Waals surface area contributed by atoms with Crippen molar-refractivity contribution in [3.8, 4) is 11.5 Å². The van der Waals surface area contributed by atoms with Gasteiger partial charge in [0.05, 0.1) is 20.2 Å². The van der Waals surface area contributed by atoms with Gasteiger partial charge in [-0.05, 0) is 25.5 Å². The summed E-state index contributed by atoms with van der Waals surface area (Å²) in [6.07, 6.45) is 2.91. The Balaban J connectivity index is 1.79. The first-order valence-corrected chi connectivity index (χ1v) is 9.15. The van der Waals surface area contributed by atoms with E-state index in [4.69, 9.17) is 9.47 Å². The number of aromatic nitrogens is 1. The van der Waals surface area contributed by atoms with Crippen molar-refractivity contribution in [2.75, 3.05) is 20.7 Å². The number of para-hydroxylation sites is 2. The topological polar surface area (TPSA) is 67.8 Å². The Morgan fingerprint density at radius 2 is 2.04 bits per heavy atom. The Morgan fingerprint density at radius 3 is 2.68 bits per heavy atom. The van der Waals surface area contributed by atoms with Gasteiger partial charge in [-0.15, -0.1) is 11.3 Å². The second-order valence-corrected chi connectivity index (χ2v) is 6.66. The third-order valence-corrected chi connectivity index (χ3v) is 4.68. The molecule has 0 fully saturated rings. The van der Waals surface area contributed by atoms with Crippen molar-refractivity contribution in [2.45, 2.75) is 32.9 Å². The number of aryl methyl sites for hydroxylation is 1. The molecule has 0 aliphatic heterocycles. The molecule has 2 aromatic rings. The Morgan fingerprint density at radius 1 is 1.28 bits per heavy atom. The molecule has 0 spiro atoms. The number of hydrogen-bond acceptors (Lipinski definition) is 5. The van der Waals surface area contributed by atoms with Crippen molar-refractivity contribution >= 4 is 17.3 Å². The molecule has 0 radical (unpaired) electrons. The molecule has 1 atom stereocenters. The monoisotopic (exact) mass is 362 g/mol. The van der Waals surface area contributed by atoms with Gasteiger partial charge in [0.15, 0.2) is 17.5 Å². The van der Waals surface area contributed by atoms with Crippen molar-refractivity contribution in [3.05, 3.63) is 40.3 Å². The molecule has 0 amide bonds. The van der Waals surface area contributed by atoms with Crippen LogP contribution in [0.25, 0.3) is 0 Å². The van der Waals surface area contributed by atoms with Gasteiger partial charge in [0.25, 0.3) is 0 Å². The van der Waals surface area contributed by atoms with Crippen molar-refractivity contribution in [2.24, 2.45) is 4.99 Å². The molecule has 0 saturated heterocycles. The lowest BCUT2D eigenvalue weighted by atomic mass is 10.3. The van der Waals surface area contributed by atoms with Crippen molar-refractivity contribution in [1.82, 2.24) is 15.6 Å². The zero-order valence-electron chi connectivity index (χ0n) is 15.2. The number of nitrogens with one attached hydrogen (secondary N) is 2. The first-order chi connectivity index (χ1) is 12.2. The maximum absolute atomic E-state index is 5.93. The average Bonchev–Trinajstić information content (AvgIpc) is 3.10. The second kappa shape index (κ2) is 9.88. The summed E-state index contributed by atoms with van der Waals surface area (Å²) in [4.78, 5) is 9.92. The standard InChI is InChI=1S/C18H26N4O2S/c1-5-14-11-20-17(25-14)12-22-18(19-3)21-10-13(2)24-16-9-7-6-8-15(16)23-4/h6-9,11,13H,5,10,12H2,1-4H3,(H2,19,21,22). The third kappa shape index (κ3) is 5.94. The van der Waals surface area contributed by atoms with Crippen molar-refractivity contribution < 1.29 is 9.47 Å². The van der Waals surface area contributed by atoms with Crippen LogP contribution < -0.4 is 20.1 Å². The number of aliphatic imine (C=N–C) groups is 1. The van der Waals surface area contributed by atoms with E-state index in [9.17, 15) is 0 Å². The predicted octanol–water partition coefficient (Wildman–Crippen LogP) is 2.85. The van der Waals surface area contributed by atoms with Gasteiger partial charge >= 0.3 is 0 Å². The number of hydrogen-bond donors (Lipinski definition) is 2. The van der Waals surface area contributed by atoms with E-state index in [1.54, 1.807) is 25.5 Å². The molecule has 0 bridgehead atoms. The highest BCUT2D eigenvalue weighted by Gasteiger charge is 2.09. The first kappa shape index (κ1) is 19.1. The summed E-state index contributed by atoms with van der Waals surface area (Å²) < 4.78 is 11.2. The van der Waals surface area contributed by atoms with Crippen LogP contribution in [-0.2, 0) is 13.0 Å². The Kier molecular flexibility index (Phi) is 7.53. The van der Waals surface area contributed by atoms with Crippen LogP contribution in [0, 0.1) is 0 Å². The fourth-order valence-electron chi connectivity index (χ4n) is 2.19. The zero-order chi connectivity index (χ0) is 18.1. The number of nitrogens with zero attached hydrogens (tertiary/aromatic N) is 2. The molecule has 25 heavy (non-hydrogen) atoms. The van der Waals surface area contributed by atoms with Crippen LogP contribution in [0.1, 0.15) is 23.7 Å². The molecule has 1 heterocycles. The van der Waals surface area contributed by atoms with Gasteiger partial charge in [0.2, 0.25) is 0 Å². The SMILES string of the molecule is CCc1cnc(CNC(=NC)NCC(C)Oc2ccccc2OC)s1. The smallest absolute Gasteiger partial charge is 0.191 e. The Labute approximate surface area is 153 Å². The van der Waals surface area contributed by atoms with Crippen LogP contribution in [0.5, 0.6) is 11.5 Å². The van der Waals surface area contributed by atoms with Crippen LogP contribution >= 0.6 is 11.3 Å². The molecule has 2 rings (SSSR count). The average molecular weight is 362 g/mol. The molecule has 2 N–H and O–H groups in total. The molecule has 6 nitrogen and oxygen atoms in total. The van der Waals surface area contributed by atoms with Crippen LogP contribution in [0.3, 0.4) is 0 Å². The van der Waals surface area contributed by atoms with Gasteiger partial charge < -0.3 is 20.1 Å². The van der Waals surface area contributed by atoms with Gasteiger partial charge in [0, 0.05) is 18.1 Å². The number of ether oxygens (including phenoxy) is 2. The fourth-order valence-corrected chi connectivity index (χ4v) is 2.99. The summed E-state index contributed by atoms with van der Waals surface area (Å²) in [7, 11) is 3.39. The second-order valence-electron chi connectivity index (χ2n) is 5.46. The zero-order valence-corrected chi connectivity index (χ0v) is 16.0. The first-order valence-electron chi connectivity index (χ1n) is 8.34. The molecule has 1 aromatic heterocycles. The molecule has 1 aromatic carbocycles. The van der Waals surface area contributed by atoms with E-state index in [-0.39, 0.29) is 6.10 Å². The minimum absolute atomic E-state index is 0.0404. The van der Waals surface area contributed by atoms with E-state index >= 15 is 0 Å². The number of benzene rings is 1. The summed E-state index contributed by atoms with van der Waals surface area (Å²) in [5.41, 5.74) is 0. The highest BCUT2D eigenvalue weighted by Crippen LogP contribution is 2.26. The van der Waals surface area contributed by atoms with Gasteiger partial charge in [-0.25, -0.2) is 4.98 Å². The van der Waals surface area contributed by atoms with Gasteiger partial charge in [-0.1, -0.05) is 19.1 Å². The van der Waals surface area contributed by atoms with Gasteiger partial charge in [0.1, 0.15) is 11.1 Å². The molecule has 0 aliphatic rings. The Bertz CT molecular complexity index is 687. The predicted molar refractivity (Wildman–Crippen MR) is 103 cm³/mol. The van der Waals surface area contributed by atoms with Crippen molar-refractivity contribution in [3.63, 3.8) is 0 Å². The van der Waals surface area contributed by atoms with Gasteiger partial charge in [-0.2, -0.15) is 0 Å². The minimum atomic E-state index is -0.0404. The lowest BCUT2D eigenvalue weighted by molar-refractivity contribution is 0.213. The molecule has 7 heteroatoms. The molecular formula is C18H26N4O2S. The maximum atomic E-state index is 5.93. The fraction of sp³-hybridized carbons (Fsp3) is 0.444. The van der Waals surface area contributed by atoms with Crippen LogP contribution in [-0.4, -0.2) is 37.7 Å². The third-order valence-electron chi connectivity index (χ3n) is 3.53. The van der Waals surface area contributed by atoms with Crippen molar-refractivity contribution in [1.29, 1.82) is 0 Å². The maximum Gasteiger partial charge on any atom is 0.191 e. The molecule has 136 valence electrons. The summed E-state index contributed by atoms with van der Waals surface area (Å²) in [5, 5.41) is 7.59. The Hall–Kier alpha value is -2.28. The van der Waals surface area contributed by atoms with Gasteiger partial charge in [-0.3, -0.25) is 4.99 Å². The lowest BCUT2D eigenvalue weighted by Gasteiger charge is -2.18. The summed E-state index contributed by atoms with van der Waals surface area (Å²) >= 11 is 1.72. The number of guanidine groups is 1. The lowest BCUT2D eigenvalue weighted by Crippen LogP contribution is -2.41. The largest absolute Gasteiger partial charge is 0.493 e. The summed E-state index contributed by atoms with van der Waals surface area (Å²) in [6.45, 7) is 5.41. The van der Waals surface area contributed by atoms with E-state index in [0.717, 1.165) is 28.9 Å². The van der Waals surface area contributed by atoms with Crippen LogP contribution in [0.4, 0.5) is 0 Å². The highest BCUT2D eigenvalue weighted by molar-refractivity contribution is 7.11. The molecule has 1 unspecified atom stereocenters. The normalized spacial score (nSPS) is 12.6. The number of thiazole rings is 1. The van der Waals surface area contributed by atoms with E-state index in [0.29, 0.717) is 13.1 Å². The van der Waals surface area contributed by atoms with E-state index in [2.05, 4.69) is 27.5 Å². The van der Waals surface area contributed by atoms with E-state index in [1.807, 2.05) is 37.4 Å². The summed E-state index contributed by atoms with van der Waals surface area (Å²) in [5.74, 6) is 2.19. The quantitative estimate of drug-likeness (QED) is 0.558. The molecule has 0 saturated carbocycles. The minimum Gasteiger partial charge on any atom is -0.493 e. The molecule has 0 aliphatic carbocycles.